The molecular formula is C23H20BrClN2O3. The first kappa shape index (κ1) is 21.9. The van der Waals surface area contributed by atoms with E-state index in [4.69, 9.17) is 21.1 Å². The first-order valence-corrected chi connectivity index (χ1v) is 10.3. The molecule has 154 valence electrons. The van der Waals surface area contributed by atoms with E-state index in [1.54, 1.807) is 25.3 Å². The Morgan fingerprint density at radius 2 is 1.93 bits per heavy atom. The van der Waals surface area contributed by atoms with Crippen molar-refractivity contribution in [2.75, 3.05) is 7.11 Å². The van der Waals surface area contributed by atoms with Crippen molar-refractivity contribution in [1.82, 2.24) is 5.43 Å². The van der Waals surface area contributed by atoms with Gasteiger partial charge in [-0.3, -0.25) is 4.79 Å². The topological polar surface area (TPSA) is 59.9 Å². The number of carbonyl (C=O) groups excluding carboxylic acids is 1. The fraction of sp³-hybridized carbons (Fsp3) is 0.130. The van der Waals surface area contributed by atoms with Crippen molar-refractivity contribution in [3.8, 4) is 11.5 Å². The highest BCUT2D eigenvalue weighted by atomic mass is 79.9. The zero-order valence-electron chi connectivity index (χ0n) is 16.5. The van der Waals surface area contributed by atoms with Gasteiger partial charge in [-0.1, -0.05) is 48.0 Å². The van der Waals surface area contributed by atoms with Gasteiger partial charge in [-0.15, -0.1) is 0 Å². The number of hydrogen-bond acceptors (Lipinski definition) is 4. The Balaban J connectivity index is 1.70. The van der Waals surface area contributed by atoms with Gasteiger partial charge in [-0.25, -0.2) is 5.43 Å². The van der Waals surface area contributed by atoms with Crippen LogP contribution in [0.2, 0.25) is 5.02 Å². The molecule has 0 heterocycles. The monoisotopic (exact) mass is 486 g/mol. The van der Waals surface area contributed by atoms with Gasteiger partial charge in [-0.05, 0) is 63.8 Å². The highest BCUT2D eigenvalue weighted by molar-refractivity contribution is 9.10. The minimum atomic E-state index is -0.384. The summed E-state index contributed by atoms with van der Waals surface area (Å²) < 4.78 is 12.1. The molecule has 0 aliphatic rings. The third-order valence-electron chi connectivity index (χ3n) is 4.23. The van der Waals surface area contributed by atoms with E-state index in [-0.39, 0.29) is 5.91 Å². The van der Waals surface area contributed by atoms with Crippen molar-refractivity contribution < 1.29 is 14.3 Å². The molecule has 0 unspecified atom stereocenters. The molecule has 0 aromatic heterocycles. The van der Waals surface area contributed by atoms with Gasteiger partial charge in [0.25, 0.3) is 5.91 Å². The molecule has 0 aliphatic heterocycles. The van der Waals surface area contributed by atoms with Gasteiger partial charge in [0, 0.05) is 0 Å². The van der Waals surface area contributed by atoms with Crippen molar-refractivity contribution in [2.45, 2.75) is 13.5 Å². The van der Waals surface area contributed by atoms with Crippen molar-refractivity contribution >= 4 is 39.7 Å². The lowest BCUT2D eigenvalue weighted by Gasteiger charge is -2.13. The van der Waals surface area contributed by atoms with Gasteiger partial charge in [0.05, 0.1) is 28.4 Å². The number of hydrogen-bond donors (Lipinski definition) is 1. The third kappa shape index (κ3) is 5.62. The normalized spacial score (nSPS) is 10.8. The number of carbonyl (C=O) groups is 1. The summed E-state index contributed by atoms with van der Waals surface area (Å²) in [6, 6.07) is 18.7. The van der Waals surface area contributed by atoms with Crippen molar-refractivity contribution in [2.24, 2.45) is 5.10 Å². The summed E-state index contributed by atoms with van der Waals surface area (Å²) in [5.41, 5.74) is 5.60. The Hall–Kier alpha value is -2.83. The number of rotatable bonds is 7. The molecule has 3 aromatic carbocycles. The summed E-state index contributed by atoms with van der Waals surface area (Å²) in [5, 5.41) is 4.40. The van der Waals surface area contributed by atoms with E-state index in [2.05, 4.69) is 26.5 Å². The summed E-state index contributed by atoms with van der Waals surface area (Å²) in [6.07, 6.45) is 1.52. The number of methoxy groups -OCH3 is 1. The molecule has 0 saturated heterocycles. The molecule has 0 bridgehead atoms. The smallest absolute Gasteiger partial charge is 0.272 e. The average Bonchev–Trinajstić information content (AvgIpc) is 2.73. The van der Waals surface area contributed by atoms with Gasteiger partial charge < -0.3 is 9.47 Å². The van der Waals surface area contributed by atoms with Crippen LogP contribution in [0.15, 0.2) is 70.2 Å². The van der Waals surface area contributed by atoms with Gasteiger partial charge in [0.1, 0.15) is 6.61 Å². The van der Waals surface area contributed by atoms with Crippen molar-refractivity contribution in [3.63, 3.8) is 0 Å². The summed E-state index contributed by atoms with van der Waals surface area (Å²) in [4.78, 5) is 12.3. The Morgan fingerprint density at radius 1 is 1.17 bits per heavy atom. The molecule has 3 aromatic rings. The van der Waals surface area contributed by atoms with Crippen LogP contribution in [0.4, 0.5) is 0 Å². The Morgan fingerprint density at radius 3 is 2.63 bits per heavy atom. The molecule has 0 aliphatic carbocycles. The predicted octanol–water partition coefficient (Wildman–Crippen LogP) is 5.76. The maximum atomic E-state index is 12.3. The van der Waals surface area contributed by atoms with E-state index in [9.17, 15) is 4.79 Å². The average molecular weight is 488 g/mol. The second kappa shape index (κ2) is 10.3. The van der Waals surface area contributed by atoms with Crippen LogP contribution < -0.4 is 14.9 Å². The largest absolute Gasteiger partial charge is 0.493 e. The number of halogens is 2. The number of hydrazone groups is 1. The molecule has 1 N–H and O–H groups in total. The summed E-state index contributed by atoms with van der Waals surface area (Å²) in [6.45, 7) is 2.32. The maximum absolute atomic E-state index is 12.3. The van der Waals surface area contributed by atoms with E-state index in [0.717, 1.165) is 16.7 Å². The second-order valence-corrected chi connectivity index (χ2v) is 7.75. The van der Waals surface area contributed by atoms with Crippen LogP contribution >= 0.6 is 27.5 Å². The number of ether oxygens (including phenoxy) is 2. The Bertz CT molecular complexity index is 1070. The molecule has 0 fully saturated rings. The molecule has 0 atom stereocenters. The van der Waals surface area contributed by atoms with Crippen LogP contribution in [-0.4, -0.2) is 19.2 Å². The second-order valence-electron chi connectivity index (χ2n) is 6.49. The number of nitrogens with zero attached hydrogens (tertiary/aromatic N) is 1. The maximum Gasteiger partial charge on any atom is 0.272 e. The fourth-order valence-corrected chi connectivity index (χ4v) is 3.61. The number of amides is 1. The van der Waals surface area contributed by atoms with Gasteiger partial charge in [0.15, 0.2) is 11.5 Å². The highest BCUT2D eigenvalue weighted by Gasteiger charge is 2.12. The number of benzene rings is 3. The number of aryl methyl sites for hydroxylation is 1. The molecule has 0 radical (unpaired) electrons. The zero-order chi connectivity index (χ0) is 21.5. The molecule has 0 spiro atoms. The molecule has 1 amide bonds. The van der Waals surface area contributed by atoms with Crippen LogP contribution in [0, 0.1) is 6.92 Å². The minimum absolute atomic E-state index is 0.364. The molecule has 30 heavy (non-hydrogen) atoms. The number of nitrogens with one attached hydrogen (secondary N) is 1. The molecule has 3 rings (SSSR count). The van der Waals surface area contributed by atoms with E-state index < -0.39 is 0 Å². The van der Waals surface area contributed by atoms with E-state index in [1.165, 1.54) is 6.21 Å². The minimum Gasteiger partial charge on any atom is -0.493 e. The van der Waals surface area contributed by atoms with E-state index in [0.29, 0.717) is 33.2 Å². The van der Waals surface area contributed by atoms with Crippen molar-refractivity contribution in [3.05, 3.63) is 92.4 Å². The SMILES string of the molecule is COc1cc(/C=N\NC(=O)c2ccc(C)cc2Cl)cc(Br)c1OCc1ccccc1. The summed E-state index contributed by atoms with van der Waals surface area (Å²) in [5.74, 6) is 0.758. The lowest BCUT2D eigenvalue weighted by atomic mass is 10.1. The molecule has 0 saturated carbocycles. The third-order valence-corrected chi connectivity index (χ3v) is 5.13. The van der Waals surface area contributed by atoms with Gasteiger partial charge in [0.2, 0.25) is 0 Å². The molecule has 7 heteroatoms. The standard InChI is InChI=1S/C23H20BrClN2O3/c1-15-8-9-18(20(25)10-15)23(28)27-26-13-17-11-19(24)22(21(12-17)29-2)30-14-16-6-4-3-5-7-16/h3-13H,14H2,1-2H3,(H,27,28)/b26-13-. The van der Waals surface area contributed by atoms with Crippen LogP contribution in [0.3, 0.4) is 0 Å². The van der Waals surface area contributed by atoms with Gasteiger partial charge in [-0.2, -0.15) is 5.10 Å². The van der Waals surface area contributed by atoms with Gasteiger partial charge >= 0.3 is 0 Å². The Labute approximate surface area is 188 Å². The highest BCUT2D eigenvalue weighted by Crippen LogP contribution is 2.36. The van der Waals surface area contributed by atoms with Crippen LogP contribution in [-0.2, 0) is 6.61 Å². The van der Waals surface area contributed by atoms with E-state index >= 15 is 0 Å². The quantitative estimate of drug-likeness (QED) is 0.340. The van der Waals surface area contributed by atoms with Crippen LogP contribution in [0.25, 0.3) is 0 Å². The lowest BCUT2D eigenvalue weighted by molar-refractivity contribution is 0.0955. The first-order chi connectivity index (χ1) is 14.5. The lowest BCUT2D eigenvalue weighted by Crippen LogP contribution is -2.18. The summed E-state index contributed by atoms with van der Waals surface area (Å²) >= 11 is 9.64. The Kier molecular flexibility index (Phi) is 7.49. The fourth-order valence-electron chi connectivity index (χ4n) is 2.71. The van der Waals surface area contributed by atoms with Crippen LogP contribution in [0.1, 0.15) is 27.0 Å². The molecule has 5 nitrogen and oxygen atoms in total. The first-order valence-electron chi connectivity index (χ1n) is 9.11. The van der Waals surface area contributed by atoms with E-state index in [1.807, 2.05) is 49.4 Å². The van der Waals surface area contributed by atoms with Crippen molar-refractivity contribution in [1.29, 1.82) is 0 Å². The predicted molar refractivity (Wildman–Crippen MR) is 123 cm³/mol. The zero-order valence-corrected chi connectivity index (χ0v) is 18.8. The summed E-state index contributed by atoms with van der Waals surface area (Å²) in [7, 11) is 1.57. The van der Waals surface area contributed by atoms with Crippen LogP contribution in [0.5, 0.6) is 11.5 Å². The molecular weight excluding hydrogens is 468 g/mol.